The lowest BCUT2D eigenvalue weighted by atomic mass is 10.1. The normalized spacial score (nSPS) is 13.4. The van der Waals surface area contributed by atoms with E-state index in [1.54, 1.807) is 34.2 Å². The van der Waals surface area contributed by atoms with Gasteiger partial charge in [0.1, 0.15) is 6.54 Å². The Morgan fingerprint density at radius 2 is 1.97 bits per heavy atom. The van der Waals surface area contributed by atoms with Crippen LogP contribution in [0.25, 0.3) is 11.2 Å². The number of amides is 1. The smallest absolute Gasteiger partial charge is 0.333 e. The van der Waals surface area contributed by atoms with Crippen molar-refractivity contribution in [3.05, 3.63) is 84.9 Å². The summed E-state index contributed by atoms with van der Waals surface area (Å²) in [7, 11) is 1.58. The van der Waals surface area contributed by atoms with Crippen molar-refractivity contribution >= 4 is 28.4 Å². The number of fused-ring (bicyclic) bond motifs is 2. The largest absolute Gasteiger partial charge is 0.383 e. The highest BCUT2D eigenvalue weighted by Crippen LogP contribution is 2.24. The number of hydrogen-bond donors (Lipinski definition) is 0. The van der Waals surface area contributed by atoms with Crippen LogP contribution in [0.5, 0.6) is 0 Å². The van der Waals surface area contributed by atoms with E-state index < -0.39 is 11.2 Å². The van der Waals surface area contributed by atoms with Gasteiger partial charge >= 0.3 is 5.69 Å². The highest BCUT2D eigenvalue weighted by atomic mass is 32.1. The van der Waals surface area contributed by atoms with Gasteiger partial charge in [0.15, 0.2) is 11.2 Å². The standard InChI is InChI=1S/C24H25N5O4S/c1-33-11-10-27-16-25-22-21(27)23(31)29(24(32)28(22)13-17-5-3-2-4-6-17)15-20(30)26-9-7-19-18(14-26)8-12-34-19/h2-6,8,12,16H,7,9-11,13-15H2,1H3. The van der Waals surface area contributed by atoms with Gasteiger partial charge in [-0.15, -0.1) is 11.3 Å². The van der Waals surface area contributed by atoms with E-state index in [4.69, 9.17) is 4.74 Å². The lowest BCUT2D eigenvalue weighted by Crippen LogP contribution is -2.46. The second-order valence-corrected chi connectivity index (χ2v) is 9.28. The van der Waals surface area contributed by atoms with Gasteiger partial charge in [0.05, 0.1) is 19.5 Å². The number of aromatic nitrogens is 4. The molecular weight excluding hydrogens is 454 g/mol. The molecule has 0 spiro atoms. The monoisotopic (exact) mass is 479 g/mol. The zero-order chi connectivity index (χ0) is 23.7. The topological polar surface area (TPSA) is 91.4 Å². The van der Waals surface area contributed by atoms with E-state index in [0.717, 1.165) is 22.1 Å². The van der Waals surface area contributed by atoms with Crippen LogP contribution >= 0.6 is 11.3 Å². The summed E-state index contributed by atoms with van der Waals surface area (Å²) in [5.74, 6) is -0.246. The van der Waals surface area contributed by atoms with Crippen molar-refractivity contribution in [2.45, 2.75) is 32.6 Å². The summed E-state index contributed by atoms with van der Waals surface area (Å²) in [5.41, 5.74) is 1.57. The Balaban J connectivity index is 1.55. The van der Waals surface area contributed by atoms with Crippen LogP contribution < -0.4 is 11.2 Å². The second-order valence-electron chi connectivity index (χ2n) is 8.28. The molecule has 0 saturated carbocycles. The molecule has 34 heavy (non-hydrogen) atoms. The third kappa shape index (κ3) is 4.10. The van der Waals surface area contributed by atoms with Gasteiger partial charge in [-0.3, -0.25) is 14.2 Å². The predicted molar refractivity (Wildman–Crippen MR) is 129 cm³/mol. The van der Waals surface area contributed by atoms with Crippen LogP contribution in [0.3, 0.4) is 0 Å². The zero-order valence-corrected chi connectivity index (χ0v) is 19.7. The van der Waals surface area contributed by atoms with E-state index >= 15 is 0 Å². The second kappa shape index (κ2) is 9.40. The fourth-order valence-electron chi connectivity index (χ4n) is 4.34. The highest BCUT2D eigenvalue weighted by molar-refractivity contribution is 7.10. The van der Waals surface area contributed by atoms with Crippen LogP contribution in [0.1, 0.15) is 16.0 Å². The summed E-state index contributed by atoms with van der Waals surface area (Å²) in [6.07, 6.45) is 2.33. The van der Waals surface area contributed by atoms with E-state index in [2.05, 4.69) is 4.98 Å². The first kappa shape index (κ1) is 22.3. The van der Waals surface area contributed by atoms with Gasteiger partial charge in [0.2, 0.25) is 5.91 Å². The minimum Gasteiger partial charge on any atom is -0.383 e. The van der Waals surface area contributed by atoms with Gasteiger partial charge < -0.3 is 14.2 Å². The van der Waals surface area contributed by atoms with Gasteiger partial charge in [0.25, 0.3) is 5.56 Å². The minimum atomic E-state index is -0.542. The van der Waals surface area contributed by atoms with E-state index in [-0.39, 0.29) is 19.0 Å². The molecule has 176 valence electrons. The summed E-state index contributed by atoms with van der Waals surface area (Å²) >= 11 is 1.69. The Morgan fingerprint density at radius 1 is 1.15 bits per heavy atom. The van der Waals surface area contributed by atoms with E-state index in [9.17, 15) is 14.4 Å². The number of thiophene rings is 1. The molecule has 0 fully saturated rings. The minimum absolute atomic E-state index is 0.244. The first-order chi connectivity index (χ1) is 16.6. The summed E-state index contributed by atoms with van der Waals surface area (Å²) in [6, 6.07) is 11.5. The summed E-state index contributed by atoms with van der Waals surface area (Å²) in [5, 5.41) is 2.03. The Hall–Kier alpha value is -3.50. The summed E-state index contributed by atoms with van der Waals surface area (Å²) < 4.78 is 9.36. The maximum atomic E-state index is 13.5. The number of methoxy groups -OCH3 is 1. The first-order valence-electron chi connectivity index (χ1n) is 11.1. The fourth-order valence-corrected chi connectivity index (χ4v) is 5.23. The Bertz CT molecular complexity index is 1450. The van der Waals surface area contributed by atoms with Crippen LogP contribution in [-0.4, -0.2) is 49.8 Å². The molecule has 0 bridgehead atoms. The number of rotatable bonds is 7. The molecule has 9 nitrogen and oxygen atoms in total. The lowest BCUT2D eigenvalue weighted by Gasteiger charge is -2.27. The maximum Gasteiger partial charge on any atom is 0.333 e. The van der Waals surface area contributed by atoms with E-state index in [1.165, 1.54) is 9.44 Å². The van der Waals surface area contributed by atoms with Crippen molar-refractivity contribution in [2.24, 2.45) is 0 Å². The zero-order valence-electron chi connectivity index (χ0n) is 18.8. The molecule has 1 amide bonds. The van der Waals surface area contributed by atoms with Gasteiger partial charge in [-0.25, -0.2) is 14.3 Å². The number of benzene rings is 1. The Morgan fingerprint density at radius 3 is 2.76 bits per heavy atom. The molecule has 5 rings (SSSR count). The summed E-state index contributed by atoms with van der Waals surface area (Å²) in [4.78, 5) is 47.5. The number of imidazole rings is 1. The molecule has 0 saturated heterocycles. The molecule has 4 heterocycles. The first-order valence-corrected chi connectivity index (χ1v) is 12.0. The lowest BCUT2D eigenvalue weighted by molar-refractivity contribution is -0.132. The molecule has 0 unspecified atom stereocenters. The number of carbonyl (C=O) groups is 1. The molecular formula is C24H25N5O4S. The van der Waals surface area contributed by atoms with Crippen LogP contribution in [0.2, 0.25) is 0 Å². The predicted octanol–water partition coefficient (Wildman–Crippen LogP) is 1.70. The van der Waals surface area contributed by atoms with Crippen LogP contribution in [0.4, 0.5) is 0 Å². The Labute approximate surface area is 199 Å². The van der Waals surface area contributed by atoms with Crippen molar-refractivity contribution in [1.82, 2.24) is 23.6 Å². The molecule has 0 radical (unpaired) electrons. The number of carbonyl (C=O) groups excluding carboxylic acids is 1. The van der Waals surface area contributed by atoms with Crippen molar-refractivity contribution in [3.63, 3.8) is 0 Å². The number of nitrogens with zero attached hydrogens (tertiary/aromatic N) is 5. The molecule has 3 aromatic heterocycles. The third-order valence-electron chi connectivity index (χ3n) is 6.16. The fraction of sp³-hybridized carbons (Fsp3) is 0.333. The van der Waals surface area contributed by atoms with Crippen molar-refractivity contribution in [3.8, 4) is 0 Å². The van der Waals surface area contributed by atoms with Gasteiger partial charge in [0, 0.05) is 31.6 Å². The molecule has 1 aliphatic heterocycles. The van der Waals surface area contributed by atoms with Crippen molar-refractivity contribution in [2.75, 3.05) is 20.3 Å². The molecule has 0 N–H and O–H groups in total. The molecule has 1 aromatic carbocycles. The third-order valence-corrected chi connectivity index (χ3v) is 7.18. The van der Waals surface area contributed by atoms with Gasteiger partial charge in [-0.2, -0.15) is 0 Å². The van der Waals surface area contributed by atoms with E-state index in [0.29, 0.717) is 37.4 Å². The highest BCUT2D eigenvalue weighted by Gasteiger charge is 2.25. The quantitative estimate of drug-likeness (QED) is 0.402. The number of ether oxygens (including phenoxy) is 1. The van der Waals surface area contributed by atoms with Crippen molar-refractivity contribution < 1.29 is 9.53 Å². The number of hydrogen-bond acceptors (Lipinski definition) is 6. The SMILES string of the molecule is COCCn1cnc2c1c(=O)n(CC(=O)N1CCc3sccc3C1)c(=O)n2Cc1ccccc1. The molecule has 0 aliphatic carbocycles. The molecule has 0 atom stereocenters. The van der Waals surface area contributed by atoms with Gasteiger partial charge in [-0.1, -0.05) is 30.3 Å². The average Bonchev–Trinajstić information content (AvgIpc) is 3.50. The molecule has 4 aromatic rings. The Kier molecular flexibility index (Phi) is 6.16. The van der Waals surface area contributed by atoms with Crippen LogP contribution in [0, 0.1) is 0 Å². The van der Waals surface area contributed by atoms with Gasteiger partial charge in [-0.05, 0) is 29.0 Å². The van der Waals surface area contributed by atoms with E-state index in [1.807, 2.05) is 41.8 Å². The van der Waals surface area contributed by atoms with Crippen LogP contribution in [0.15, 0.2) is 57.7 Å². The average molecular weight is 480 g/mol. The van der Waals surface area contributed by atoms with Crippen molar-refractivity contribution in [1.29, 1.82) is 0 Å². The van der Waals surface area contributed by atoms with Crippen LogP contribution in [-0.2, 0) is 42.1 Å². The maximum absolute atomic E-state index is 13.5. The summed E-state index contributed by atoms with van der Waals surface area (Å²) in [6.45, 7) is 1.81. The molecule has 10 heteroatoms. The molecule has 1 aliphatic rings.